The molecule has 116 valence electrons. The number of fused-ring (bicyclic) bond motifs is 1. The first-order valence-electron chi connectivity index (χ1n) is 6.16. The number of halogens is 1. The Kier molecular flexibility index (Phi) is 4.32. The van der Waals surface area contributed by atoms with Crippen molar-refractivity contribution in [1.29, 1.82) is 0 Å². The minimum absolute atomic E-state index is 0.0634. The molecule has 0 fully saturated rings. The van der Waals surface area contributed by atoms with Crippen LogP contribution in [0.3, 0.4) is 0 Å². The van der Waals surface area contributed by atoms with Crippen LogP contribution in [0.25, 0.3) is 10.9 Å². The molecule has 9 heteroatoms. The van der Waals surface area contributed by atoms with E-state index in [1.807, 2.05) is 0 Å². The van der Waals surface area contributed by atoms with Crippen LogP contribution in [0.2, 0.25) is 5.02 Å². The largest absolute Gasteiger partial charge is 0.478 e. The topological polar surface area (TPSA) is 103 Å². The molecule has 8 nitrogen and oxygen atoms in total. The molecule has 2 aromatic rings. The average molecular weight is 326 g/mol. The van der Waals surface area contributed by atoms with Gasteiger partial charge in [0.05, 0.1) is 10.4 Å². The molecule has 0 radical (unpaired) electrons. The van der Waals surface area contributed by atoms with E-state index < -0.39 is 16.4 Å². The summed E-state index contributed by atoms with van der Waals surface area (Å²) in [4.78, 5) is 33.6. The second kappa shape index (κ2) is 6.02. The molecule has 0 atom stereocenters. The van der Waals surface area contributed by atoms with Crippen molar-refractivity contribution in [3.63, 3.8) is 0 Å². The van der Waals surface area contributed by atoms with Crippen LogP contribution in [-0.4, -0.2) is 29.1 Å². The number of nitrogens with zero attached hydrogens (tertiary/aromatic N) is 2. The summed E-state index contributed by atoms with van der Waals surface area (Å²) in [5, 5.41) is 13.6. The maximum atomic E-state index is 12.1. The fourth-order valence-corrected chi connectivity index (χ4v) is 2.14. The van der Waals surface area contributed by atoms with Crippen LogP contribution in [0.4, 0.5) is 5.69 Å². The van der Waals surface area contributed by atoms with Gasteiger partial charge >= 0.3 is 0 Å². The zero-order chi connectivity index (χ0) is 16.4. The van der Waals surface area contributed by atoms with Crippen molar-refractivity contribution in [3.8, 4) is 5.75 Å². The zero-order valence-corrected chi connectivity index (χ0v) is 12.5. The molecule has 0 bridgehead atoms. The Bertz CT molecular complexity index is 831. The number of amides is 1. The molecule has 22 heavy (non-hydrogen) atoms. The number of aromatic nitrogens is 1. The minimum Gasteiger partial charge on any atom is -0.478 e. The molecule has 2 rings (SSSR count). The third-order valence-corrected chi connectivity index (χ3v) is 3.40. The summed E-state index contributed by atoms with van der Waals surface area (Å²) in [5.41, 5.74) is -0.320. The number of ether oxygens (including phenoxy) is 1. The van der Waals surface area contributed by atoms with Crippen LogP contribution in [0.5, 0.6) is 5.75 Å². The van der Waals surface area contributed by atoms with Crippen molar-refractivity contribution >= 4 is 34.1 Å². The molecule has 0 saturated heterocycles. The van der Waals surface area contributed by atoms with Gasteiger partial charge in [0.15, 0.2) is 12.4 Å². The Morgan fingerprint density at radius 2 is 2.14 bits per heavy atom. The monoisotopic (exact) mass is 325 g/mol. The first kappa shape index (κ1) is 15.8. The van der Waals surface area contributed by atoms with Gasteiger partial charge in [-0.1, -0.05) is 11.6 Å². The number of nitro benzene ring substituents is 1. The highest BCUT2D eigenvalue weighted by atomic mass is 35.5. The molecule has 1 heterocycles. The van der Waals surface area contributed by atoms with Gasteiger partial charge in [-0.25, -0.2) is 0 Å². The van der Waals surface area contributed by atoms with E-state index >= 15 is 0 Å². The van der Waals surface area contributed by atoms with Gasteiger partial charge in [0.25, 0.3) is 17.2 Å². The van der Waals surface area contributed by atoms with E-state index in [0.717, 1.165) is 0 Å². The van der Waals surface area contributed by atoms with Crippen molar-refractivity contribution in [1.82, 2.24) is 9.88 Å². The smallest absolute Gasteiger partial charge is 0.293 e. The number of aryl methyl sites for hydroxylation is 1. The summed E-state index contributed by atoms with van der Waals surface area (Å²) in [6, 6.07) is 3.95. The Morgan fingerprint density at radius 3 is 2.73 bits per heavy atom. The Morgan fingerprint density at radius 1 is 1.45 bits per heavy atom. The SMILES string of the molecule is CNC(=O)COc1cc2cc([N+](=O)[O-])c(Cl)cc2n(C)c1=O. The molecule has 1 N–H and O–H groups in total. The lowest BCUT2D eigenvalue weighted by atomic mass is 10.2. The molecule has 1 aromatic carbocycles. The number of pyridine rings is 1. The molecule has 1 amide bonds. The molecular formula is C13H12ClN3O5. The number of benzene rings is 1. The van der Waals surface area contributed by atoms with Crippen molar-refractivity contribution < 1.29 is 14.5 Å². The minimum atomic E-state index is -0.613. The summed E-state index contributed by atoms with van der Waals surface area (Å²) in [5.74, 6) is -0.473. The highest BCUT2D eigenvalue weighted by Gasteiger charge is 2.17. The standard InChI is InChI=1S/C13H12ClN3O5/c1-15-12(18)6-22-11-4-7-3-10(17(20)21)8(14)5-9(7)16(2)13(11)19/h3-5H,6H2,1-2H3,(H,15,18). The van der Waals surface area contributed by atoms with E-state index in [0.29, 0.717) is 10.9 Å². The average Bonchev–Trinajstić information content (AvgIpc) is 2.49. The van der Waals surface area contributed by atoms with Gasteiger partial charge < -0.3 is 14.6 Å². The summed E-state index contributed by atoms with van der Waals surface area (Å²) in [7, 11) is 2.93. The number of carbonyl (C=O) groups excluding carboxylic acids is 1. The van der Waals surface area contributed by atoms with Gasteiger partial charge in [-0.05, 0) is 12.1 Å². The molecule has 0 spiro atoms. The van der Waals surface area contributed by atoms with E-state index in [2.05, 4.69) is 5.32 Å². The number of likely N-dealkylation sites (N-methyl/N-ethyl adjacent to an activating group) is 1. The van der Waals surface area contributed by atoms with E-state index in [1.165, 1.54) is 36.9 Å². The summed E-state index contributed by atoms with van der Waals surface area (Å²) < 4.78 is 6.41. The van der Waals surface area contributed by atoms with Gasteiger partial charge in [0, 0.05) is 25.5 Å². The van der Waals surface area contributed by atoms with Crippen LogP contribution in [0.1, 0.15) is 0 Å². The summed E-state index contributed by atoms with van der Waals surface area (Å²) >= 11 is 5.84. The second-order valence-corrected chi connectivity index (χ2v) is 4.86. The fraction of sp³-hybridized carbons (Fsp3) is 0.231. The lowest BCUT2D eigenvalue weighted by molar-refractivity contribution is -0.384. The van der Waals surface area contributed by atoms with Crippen molar-refractivity contribution in [3.05, 3.63) is 43.7 Å². The number of nitro groups is 1. The fourth-order valence-electron chi connectivity index (χ4n) is 1.91. The molecule has 1 aromatic heterocycles. The summed E-state index contributed by atoms with van der Waals surface area (Å²) in [6.07, 6.45) is 0. The van der Waals surface area contributed by atoms with E-state index in [9.17, 15) is 19.7 Å². The van der Waals surface area contributed by atoms with Crippen molar-refractivity contribution in [2.45, 2.75) is 0 Å². The summed E-state index contributed by atoms with van der Waals surface area (Å²) in [6.45, 7) is -0.326. The molecule has 0 aliphatic carbocycles. The molecule has 0 aliphatic heterocycles. The maximum absolute atomic E-state index is 12.1. The van der Waals surface area contributed by atoms with Gasteiger partial charge in [-0.2, -0.15) is 0 Å². The lowest BCUT2D eigenvalue weighted by Crippen LogP contribution is -2.27. The van der Waals surface area contributed by atoms with Gasteiger partial charge in [0.2, 0.25) is 0 Å². The first-order valence-corrected chi connectivity index (χ1v) is 6.54. The molecular weight excluding hydrogens is 314 g/mol. The normalized spacial score (nSPS) is 10.5. The quantitative estimate of drug-likeness (QED) is 0.672. The predicted octanol–water partition coefficient (Wildman–Crippen LogP) is 1.22. The number of hydrogen-bond donors (Lipinski definition) is 1. The van der Waals surface area contributed by atoms with Crippen LogP contribution in [0, 0.1) is 10.1 Å². The zero-order valence-electron chi connectivity index (χ0n) is 11.8. The Balaban J connectivity index is 2.58. The van der Waals surface area contributed by atoms with E-state index in [1.54, 1.807) is 0 Å². The van der Waals surface area contributed by atoms with E-state index in [4.69, 9.17) is 16.3 Å². The number of nitrogens with one attached hydrogen (secondary N) is 1. The second-order valence-electron chi connectivity index (χ2n) is 4.45. The lowest BCUT2D eigenvalue weighted by Gasteiger charge is -2.10. The Labute approximate surface area is 129 Å². The van der Waals surface area contributed by atoms with Crippen LogP contribution < -0.4 is 15.6 Å². The predicted molar refractivity (Wildman–Crippen MR) is 80.4 cm³/mol. The maximum Gasteiger partial charge on any atom is 0.293 e. The highest BCUT2D eigenvalue weighted by molar-refractivity contribution is 6.33. The van der Waals surface area contributed by atoms with Crippen LogP contribution >= 0.6 is 11.6 Å². The molecule has 0 aliphatic rings. The van der Waals surface area contributed by atoms with Crippen LogP contribution in [0.15, 0.2) is 23.0 Å². The Hall–Kier alpha value is -2.61. The van der Waals surface area contributed by atoms with Crippen molar-refractivity contribution in [2.75, 3.05) is 13.7 Å². The van der Waals surface area contributed by atoms with E-state index in [-0.39, 0.29) is 23.1 Å². The number of hydrogen-bond acceptors (Lipinski definition) is 5. The van der Waals surface area contributed by atoms with Crippen LogP contribution in [-0.2, 0) is 11.8 Å². The first-order chi connectivity index (χ1) is 10.3. The van der Waals surface area contributed by atoms with Crippen molar-refractivity contribution in [2.24, 2.45) is 7.05 Å². The number of carbonyl (C=O) groups is 1. The van der Waals surface area contributed by atoms with Gasteiger partial charge in [-0.3, -0.25) is 19.7 Å². The highest BCUT2D eigenvalue weighted by Crippen LogP contribution is 2.30. The van der Waals surface area contributed by atoms with Gasteiger partial charge in [-0.15, -0.1) is 0 Å². The third kappa shape index (κ3) is 2.86. The third-order valence-electron chi connectivity index (χ3n) is 3.09. The number of rotatable bonds is 4. The molecule has 0 unspecified atom stereocenters. The van der Waals surface area contributed by atoms with Gasteiger partial charge in [0.1, 0.15) is 5.02 Å². The molecule has 0 saturated carbocycles.